The average Bonchev–Trinajstić information content (AvgIpc) is 3.37. The first-order chi connectivity index (χ1) is 20.4. The molecule has 9 rings (SSSR count). The summed E-state index contributed by atoms with van der Waals surface area (Å²) in [6, 6.07) is 50.6. The number of hydrogen-bond donors (Lipinski definition) is 0. The third kappa shape index (κ3) is 3.16. The van der Waals surface area contributed by atoms with Crippen LogP contribution in [0, 0.1) is 0 Å². The van der Waals surface area contributed by atoms with E-state index >= 15 is 0 Å². The number of para-hydroxylation sites is 1. The van der Waals surface area contributed by atoms with Crippen LogP contribution >= 0.6 is 0 Å². The predicted molar refractivity (Wildman–Crippen MR) is 174 cm³/mol. The number of benzene rings is 7. The number of aromatic nitrogens is 2. The van der Waals surface area contributed by atoms with Crippen molar-refractivity contribution in [3.63, 3.8) is 0 Å². The van der Waals surface area contributed by atoms with Crippen molar-refractivity contribution in [1.82, 2.24) is 9.55 Å². The molecule has 0 aliphatic rings. The molecule has 7 aromatic carbocycles. The Kier molecular flexibility index (Phi) is 4.64. The highest BCUT2D eigenvalue weighted by Crippen LogP contribution is 2.42. The minimum Gasteiger partial charge on any atom is -0.309 e. The molecule has 0 bridgehead atoms. The van der Waals surface area contributed by atoms with E-state index in [-0.39, 0.29) is 0 Å². The minimum absolute atomic E-state index is 0.988. The molecule has 9 aromatic rings. The second kappa shape index (κ2) is 8.51. The van der Waals surface area contributed by atoms with Crippen molar-refractivity contribution in [1.29, 1.82) is 0 Å². The number of fused-ring (bicyclic) bond motifs is 10. The molecule has 0 aliphatic carbocycles. The first-order valence-electron chi connectivity index (χ1n) is 14.1. The molecule has 2 heterocycles. The van der Waals surface area contributed by atoms with Gasteiger partial charge in [0.2, 0.25) is 0 Å². The molecule has 2 heteroatoms. The summed E-state index contributed by atoms with van der Waals surface area (Å²) < 4.78 is 2.46. The summed E-state index contributed by atoms with van der Waals surface area (Å²) in [7, 11) is 0. The van der Waals surface area contributed by atoms with Gasteiger partial charge >= 0.3 is 0 Å². The SMILES string of the molecule is c1ccc(-c2cccc3c(-n4c5ccccc5c5cc6c7ccccc7c7ccccc7c6cc54)cccc23)nc1. The second-order valence-electron chi connectivity index (χ2n) is 10.8. The van der Waals surface area contributed by atoms with E-state index in [1.54, 1.807) is 0 Å². The number of nitrogens with zero attached hydrogens (tertiary/aromatic N) is 2. The summed E-state index contributed by atoms with van der Waals surface area (Å²) in [6.07, 6.45) is 1.87. The zero-order valence-electron chi connectivity index (χ0n) is 22.3. The van der Waals surface area contributed by atoms with Crippen molar-refractivity contribution >= 4 is 64.9 Å². The summed E-state index contributed by atoms with van der Waals surface area (Å²) in [5.74, 6) is 0. The molecule has 190 valence electrons. The van der Waals surface area contributed by atoms with Gasteiger partial charge in [0, 0.05) is 27.9 Å². The van der Waals surface area contributed by atoms with E-state index in [0.717, 1.165) is 11.3 Å². The van der Waals surface area contributed by atoms with Crippen molar-refractivity contribution in [3.05, 3.63) is 146 Å². The first kappa shape index (κ1) is 22.4. The average molecular weight is 521 g/mol. The van der Waals surface area contributed by atoms with Crippen LogP contribution in [-0.4, -0.2) is 9.55 Å². The Balaban J connectivity index is 1.45. The lowest BCUT2D eigenvalue weighted by atomic mass is 9.93. The molecule has 0 fully saturated rings. The molecular weight excluding hydrogens is 496 g/mol. The summed E-state index contributed by atoms with van der Waals surface area (Å²) in [5, 5.41) is 12.7. The van der Waals surface area contributed by atoms with Crippen molar-refractivity contribution in [2.45, 2.75) is 0 Å². The van der Waals surface area contributed by atoms with E-state index in [9.17, 15) is 0 Å². The highest BCUT2D eigenvalue weighted by molar-refractivity contribution is 6.29. The fourth-order valence-corrected chi connectivity index (χ4v) is 6.86. The Bertz CT molecular complexity index is 2470. The van der Waals surface area contributed by atoms with Gasteiger partial charge in [-0.2, -0.15) is 0 Å². The molecule has 41 heavy (non-hydrogen) atoms. The lowest BCUT2D eigenvalue weighted by Crippen LogP contribution is -1.96. The molecule has 0 N–H and O–H groups in total. The van der Waals surface area contributed by atoms with Gasteiger partial charge in [-0.3, -0.25) is 4.98 Å². The molecule has 0 atom stereocenters. The van der Waals surface area contributed by atoms with E-state index in [2.05, 4.69) is 143 Å². The van der Waals surface area contributed by atoms with E-state index < -0.39 is 0 Å². The normalized spacial score (nSPS) is 11.9. The Morgan fingerprint density at radius 3 is 1.68 bits per heavy atom. The van der Waals surface area contributed by atoms with Crippen LogP contribution in [0.1, 0.15) is 0 Å². The van der Waals surface area contributed by atoms with E-state index in [0.29, 0.717) is 0 Å². The second-order valence-corrected chi connectivity index (χ2v) is 10.8. The lowest BCUT2D eigenvalue weighted by Gasteiger charge is -2.15. The van der Waals surface area contributed by atoms with Gasteiger partial charge in [0.1, 0.15) is 0 Å². The topological polar surface area (TPSA) is 17.8 Å². The summed E-state index contributed by atoms with van der Waals surface area (Å²) in [6.45, 7) is 0. The monoisotopic (exact) mass is 520 g/mol. The van der Waals surface area contributed by atoms with Crippen LogP contribution in [0.5, 0.6) is 0 Å². The van der Waals surface area contributed by atoms with Gasteiger partial charge < -0.3 is 4.57 Å². The predicted octanol–water partition coefficient (Wildman–Crippen LogP) is 10.5. The van der Waals surface area contributed by atoms with Crippen molar-refractivity contribution in [2.24, 2.45) is 0 Å². The minimum atomic E-state index is 0.988. The van der Waals surface area contributed by atoms with Crippen molar-refractivity contribution in [2.75, 3.05) is 0 Å². The number of rotatable bonds is 2. The van der Waals surface area contributed by atoms with Gasteiger partial charge in [0.05, 0.1) is 22.4 Å². The van der Waals surface area contributed by atoms with Crippen LogP contribution in [-0.2, 0) is 0 Å². The largest absolute Gasteiger partial charge is 0.309 e. The molecule has 0 unspecified atom stereocenters. The van der Waals surface area contributed by atoms with Gasteiger partial charge in [-0.1, -0.05) is 103 Å². The Morgan fingerprint density at radius 2 is 0.951 bits per heavy atom. The zero-order chi connectivity index (χ0) is 26.9. The fourth-order valence-electron chi connectivity index (χ4n) is 6.86. The summed E-state index contributed by atoms with van der Waals surface area (Å²) in [5.41, 5.74) is 5.74. The standard InChI is InChI=1S/C39H24N2/c1-3-13-27-25(11-1)26-12-2-4-14-28(26)34-24-39-35(23-33(27)34)32-15-5-6-20-37(32)41(39)38-21-10-16-29-30(17-9-18-31(29)38)36-19-7-8-22-40-36/h1-24H. The van der Waals surface area contributed by atoms with Crippen LogP contribution < -0.4 is 0 Å². The molecule has 0 saturated heterocycles. The van der Waals surface area contributed by atoms with Gasteiger partial charge in [0.25, 0.3) is 0 Å². The van der Waals surface area contributed by atoms with Crippen LogP contribution in [0.25, 0.3) is 81.8 Å². The molecule has 2 aromatic heterocycles. The molecule has 0 radical (unpaired) electrons. The third-order valence-corrected chi connectivity index (χ3v) is 8.62. The van der Waals surface area contributed by atoms with Gasteiger partial charge in [-0.25, -0.2) is 0 Å². The maximum Gasteiger partial charge on any atom is 0.0708 e. The Labute approximate surface area is 236 Å². The molecule has 2 nitrogen and oxygen atoms in total. The van der Waals surface area contributed by atoms with E-state index in [1.807, 2.05) is 12.3 Å². The van der Waals surface area contributed by atoms with E-state index in [1.165, 1.54) is 70.6 Å². The highest BCUT2D eigenvalue weighted by atomic mass is 15.0. The molecule has 0 saturated carbocycles. The van der Waals surface area contributed by atoms with Crippen LogP contribution in [0.4, 0.5) is 0 Å². The molecule has 0 amide bonds. The van der Waals surface area contributed by atoms with Crippen LogP contribution in [0.3, 0.4) is 0 Å². The third-order valence-electron chi connectivity index (χ3n) is 8.62. The van der Waals surface area contributed by atoms with Crippen LogP contribution in [0.15, 0.2) is 146 Å². The molecular formula is C39H24N2. The Morgan fingerprint density at radius 1 is 0.366 bits per heavy atom. The summed E-state index contributed by atoms with van der Waals surface area (Å²) in [4.78, 5) is 4.67. The Hall–Kier alpha value is -5.47. The van der Waals surface area contributed by atoms with Gasteiger partial charge in [-0.05, 0) is 74.1 Å². The lowest BCUT2D eigenvalue weighted by molar-refractivity contribution is 1.20. The number of hydrogen-bond acceptors (Lipinski definition) is 1. The first-order valence-corrected chi connectivity index (χ1v) is 14.1. The van der Waals surface area contributed by atoms with Gasteiger partial charge in [0.15, 0.2) is 0 Å². The maximum atomic E-state index is 4.67. The molecule has 0 spiro atoms. The zero-order valence-corrected chi connectivity index (χ0v) is 22.3. The smallest absolute Gasteiger partial charge is 0.0708 e. The number of pyridine rings is 1. The van der Waals surface area contributed by atoms with Gasteiger partial charge in [-0.15, -0.1) is 0 Å². The fraction of sp³-hybridized carbons (Fsp3) is 0. The maximum absolute atomic E-state index is 4.67. The van der Waals surface area contributed by atoms with Crippen molar-refractivity contribution in [3.8, 4) is 16.9 Å². The highest BCUT2D eigenvalue weighted by Gasteiger charge is 2.18. The summed E-state index contributed by atoms with van der Waals surface area (Å²) >= 11 is 0. The van der Waals surface area contributed by atoms with E-state index in [4.69, 9.17) is 0 Å². The van der Waals surface area contributed by atoms with Crippen LogP contribution in [0.2, 0.25) is 0 Å². The molecule has 0 aliphatic heterocycles. The quantitative estimate of drug-likeness (QED) is 0.207. The van der Waals surface area contributed by atoms with Crippen molar-refractivity contribution < 1.29 is 0 Å².